The Hall–Kier alpha value is -1.91. The number of thiophene rings is 1. The van der Waals surface area contributed by atoms with Gasteiger partial charge < -0.3 is 10.5 Å². The van der Waals surface area contributed by atoms with Crippen LogP contribution in [0, 0.1) is 0 Å². The fourth-order valence-electron chi connectivity index (χ4n) is 2.02. The minimum Gasteiger partial charge on any atom is -0.481 e. The van der Waals surface area contributed by atoms with Crippen LogP contribution in [0.5, 0.6) is 5.75 Å². The molecule has 0 fully saturated rings. The SMILES string of the molecule is NCC(Oc1cccc2cccnc12)c1cccs1. The van der Waals surface area contributed by atoms with Crippen LogP contribution in [0.1, 0.15) is 11.0 Å². The number of hydrogen-bond acceptors (Lipinski definition) is 4. The lowest BCUT2D eigenvalue weighted by molar-refractivity contribution is 0.220. The average Bonchev–Trinajstić information content (AvgIpc) is 2.99. The van der Waals surface area contributed by atoms with Gasteiger partial charge in [-0.3, -0.25) is 4.98 Å². The Morgan fingerprint density at radius 3 is 2.84 bits per heavy atom. The largest absolute Gasteiger partial charge is 0.481 e. The van der Waals surface area contributed by atoms with Gasteiger partial charge in [-0.05, 0) is 23.6 Å². The third-order valence-corrected chi connectivity index (χ3v) is 3.90. The Balaban J connectivity index is 1.96. The molecule has 1 unspecified atom stereocenters. The fraction of sp³-hybridized carbons (Fsp3) is 0.133. The van der Waals surface area contributed by atoms with Crippen molar-refractivity contribution in [2.45, 2.75) is 6.10 Å². The summed E-state index contributed by atoms with van der Waals surface area (Å²) in [5, 5.41) is 3.10. The predicted octanol–water partition coefficient (Wildman–Crippen LogP) is 3.38. The summed E-state index contributed by atoms with van der Waals surface area (Å²) in [5.74, 6) is 0.780. The van der Waals surface area contributed by atoms with E-state index in [1.54, 1.807) is 17.5 Å². The summed E-state index contributed by atoms with van der Waals surface area (Å²) >= 11 is 1.65. The Bertz CT molecular complexity index is 661. The number of pyridine rings is 1. The van der Waals surface area contributed by atoms with Crippen LogP contribution < -0.4 is 10.5 Å². The zero-order valence-electron chi connectivity index (χ0n) is 10.3. The van der Waals surface area contributed by atoms with Gasteiger partial charge in [0.15, 0.2) is 0 Å². The lowest BCUT2D eigenvalue weighted by Gasteiger charge is -2.17. The normalized spacial score (nSPS) is 12.5. The Morgan fingerprint density at radius 2 is 2.05 bits per heavy atom. The molecule has 0 radical (unpaired) electrons. The molecule has 0 amide bonds. The van der Waals surface area contributed by atoms with Crippen LogP contribution >= 0.6 is 11.3 Å². The summed E-state index contributed by atoms with van der Waals surface area (Å²) < 4.78 is 6.04. The van der Waals surface area contributed by atoms with E-state index in [1.165, 1.54) is 0 Å². The van der Waals surface area contributed by atoms with E-state index in [0.717, 1.165) is 21.5 Å². The molecule has 0 spiro atoms. The molecule has 0 saturated carbocycles. The van der Waals surface area contributed by atoms with Gasteiger partial charge in [-0.1, -0.05) is 24.3 Å². The summed E-state index contributed by atoms with van der Waals surface area (Å²) in [6.45, 7) is 0.448. The number of ether oxygens (including phenoxy) is 1. The van der Waals surface area contributed by atoms with Gasteiger partial charge in [-0.25, -0.2) is 0 Å². The smallest absolute Gasteiger partial charge is 0.146 e. The standard InChI is InChI=1S/C15H14N2OS/c16-10-13(14-7-3-9-19-14)18-12-6-1-4-11-5-2-8-17-15(11)12/h1-9,13H,10,16H2. The van der Waals surface area contributed by atoms with Crippen LogP contribution in [-0.2, 0) is 0 Å². The van der Waals surface area contributed by atoms with Crippen molar-refractivity contribution in [2.75, 3.05) is 6.54 Å². The van der Waals surface area contributed by atoms with Gasteiger partial charge in [0.1, 0.15) is 17.4 Å². The highest BCUT2D eigenvalue weighted by Crippen LogP contribution is 2.29. The first-order valence-corrected chi connectivity index (χ1v) is 7.00. The predicted molar refractivity (Wildman–Crippen MR) is 78.5 cm³/mol. The maximum absolute atomic E-state index is 6.04. The zero-order chi connectivity index (χ0) is 13.1. The highest BCUT2D eigenvalue weighted by molar-refractivity contribution is 7.10. The van der Waals surface area contributed by atoms with Crippen molar-refractivity contribution in [1.82, 2.24) is 4.98 Å². The lowest BCUT2D eigenvalue weighted by Crippen LogP contribution is -2.17. The first-order chi connectivity index (χ1) is 9.38. The van der Waals surface area contributed by atoms with Gasteiger partial charge in [0.05, 0.1) is 0 Å². The number of para-hydroxylation sites is 1. The van der Waals surface area contributed by atoms with E-state index >= 15 is 0 Å². The van der Waals surface area contributed by atoms with Crippen molar-refractivity contribution in [3.8, 4) is 5.75 Å². The Kier molecular flexibility index (Phi) is 3.44. The number of aromatic nitrogens is 1. The molecule has 2 heterocycles. The van der Waals surface area contributed by atoms with Gasteiger partial charge in [0, 0.05) is 23.0 Å². The molecule has 1 aromatic carbocycles. The maximum Gasteiger partial charge on any atom is 0.146 e. The number of hydrogen-bond donors (Lipinski definition) is 1. The molecule has 19 heavy (non-hydrogen) atoms. The molecule has 0 aliphatic rings. The van der Waals surface area contributed by atoms with E-state index in [0.29, 0.717) is 6.54 Å². The molecule has 0 saturated heterocycles. The molecule has 0 aliphatic heterocycles. The molecule has 2 aromatic heterocycles. The molecule has 2 N–H and O–H groups in total. The second kappa shape index (κ2) is 5.38. The third-order valence-electron chi connectivity index (χ3n) is 2.94. The topological polar surface area (TPSA) is 48.1 Å². The lowest BCUT2D eigenvalue weighted by atomic mass is 10.2. The molecule has 4 heteroatoms. The number of rotatable bonds is 4. The van der Waals surface area contributed by atoms with Crippen LogP contribution in [0.2, 0.25) is 0 Å². The number of fused-ring (bicyclic) bond motifs is 1. The highest BCUT2D eigenvalue weighted by atomic mass is 32.1. The summed E-state index contributed by atoms with van der Waals surface area (Å²) in [6.07, 6.45) is 1.66. The van der Waals surface area contributed by atoms with Crippen LogP contribution in [0.4, 0.5) is 0 Å². The van der Waals surface area contributed by atoms with Crippen molar-refractivity contribution in [1.29, 1.82) is 0 Å². The van der Waals surface area contributed by atoms with Crippen molar-refractivity contribution in [2.24, 2.45) is 5.73 Å². The first-order valence-electron chi connectivity index (χ1n) is 6.12. The summed E-state index contributed by atoms with van der Waals surface area (Å²) in [7, 11) is 0. The molecular formula is C15H14N2OS. The van der Waals surface area contributed by atoms with Gasteiger partial charge in [0.25, 0.3) is 0 Å². The van der Waals surface area contributed by atoms with Crippen molar-refractivity contribution < 1.29 is 4.74 Å². The number of nitrogens with zero attached hydrogens (tertiary/aromatic N) is 1. The zero-order valence-corrected chi connectivity index (χ0v) is 11.1. The second-order valence-corrected chi connectivity index (χ2v) is 5.17. The first kappa shape index (κ1) is 12.1. The van der Waals surface area contributed by atoms with Crippen molar-refractivity contribution >= 4 is 22.2 Å². The van der Waals surface area contributed by atoms with Crippen LogP contribution in [0.15, 0.2) is 54.0 Å². The van der Waals surface area contributed by atoms with Gasteiger partial charge >= 0.3 is 0 Å². The molecule has 0 aliphatic carbocycles. The molecular weight excluding hydrogens is 256 g/mol. The maximum atomic E-state index is 6.04. The van der Waals surface area contributed by atoms with Crippen molar-refractivity contribution in [3.05, 3.63) is 58.9 Å². The summed E-state index contributed by atoms with van der Waals surface area (Å²) in [5.41, 5.74) is 6.69. The van der Waals surface area contributed by atoms with E-state index in [4.69, 9.17) is 10.5 Å². The second-order valence-electron chi connectivity index (χ2n) is 4.19. The van der Waals surface area contributed by atoms with E-state index in [9.17, 15) is 0 Å². The number of benzene rings is 1. The van der Waals surface area contributed by atoms with Crippen molar-refractivity contribution in [3.63, 3.8) is 0 Å². The fourth-order valence-corrected chi connectivity index (χ4v) is 2.79. The average molecular weight is 270 g/mol. The minimum atomic E-state index is -0.118. The molecule has 3 nitrogen and oxygen atoms in total. The summed E-state index contributed by atoms with van der Waals surface area (Å²) in [6, 6.07) is 13.9. The molecule has 96 valence electrons. The van der Waals surface area contributed by atoms with E-state index in [2.05, 4.69) is 4.98 Å². The summed E-state index contributed by atoms with van der Waals surface area (Å²) in [4.78, 5) is 5.52. The van der Waals surface area contributed by atoms with E-state index < -0.39 is 0 Å². The highest BCUT2D eigenvalue weighted by Gasteiger charge is 2.14. The molecule has 3 aromatic rings. The number of nitrogens with two attached hydrogens (primary N) is 1. The molecule has 3 rings (SSSR count). The Labute approximate surface area is 115 Å². The molecule has 0 bridgehead atoms. The van der Waals surface area contributed by atoms with Gasteiger partial charge in [-0.15, -0.1) is 11.3 Å². The van der Waals surface area contributed by atoms with Crippen LogP contribution in [0.25, 0.3) is 10.9 Å². The third kappa shape index (κ3) is 2.45. The molecule has 1 atom stereocenters. The Morgan fingerprint density at radius 1 is 1.16 bits per heavy atom. The van der Waals surface area contributed by atoms with E-state index in [1.807, 2.05) is 47.8 Å². The van der Waals surface area contributed by atoms with Crippen LogP contribution in [0.3, 0.4) is 0 Å². The van der Waals surface area contributed by atoms with Gasteiger partial charge in [-0.2, -0.15) is 0 Å². The minimum absolute atomic E-state index is 0.118. The van der Waals surface area contributed by atoms with Gasteiger partial charge in [0.2, 0.25) is 0 Å². The quantitative estimate of drug-likeness (QED) is 0.790. The van der Waals surface area contributed by atoms with E-state index in [-0.39, 0.29) is 6.10 Å². The van der Waals surface area contributed by atoms with Crippen LogP contribution in [-0.4, -0.2) is 11.5 Å². The monoisotopic (exact) mass is 270 g/mol.